The molecule has 0 saturated carbocycles. The monoisotopic (exact) mass is 251 g/mol. The molecule has 0 heterocycles. The van der Waals surface area contributed by atoms with Gasteiger partial charge in [0.05, 0.1) is 6.61 Å². The first-order valence-corrected chi connectivity index (χ1v) is 5.70. The smallest absolute Gasteiger partial charge is 0.332 e. The molecule has 1 aromatic rings. The minimum absolute atomic E-state index is 0.172. The lowest BCUT2D eigenvalue weighted by Gasteiger charge is -2.09. The third-order valence-electron chi connectivity index (χ3n) is 2.38. The van der Waals surface area contributed by atoms with Crippen LogP contribution in [0.5, 0.6) is 0 Å². The lowest BCUT2D eigenvalue weighted by Crippen LogP contribution is -2.30. The molecule has 1 atom stereocenters. The number of nitrogens with one attached hydrogen (secondary N) is 1. The molecule has 5 heteroatoms. The maximum Gasteiger partial charge on any atom is 0.332 e. The highest BCUT2D eigenvalue weighted by atomic mass is 16.5. The molecule has 1 amide bonds. The van der Waals surface area contributed by atoms with Crippen LogP contribution in [0.15, 0.2) is 24.3 Å². The summed E-state index contributed by atoms with van der Waals surface area (Å²) in [5, 5.41) is 11.3. The maximum absolute atomic E-state index is 11.7. The van der Waals surface area contributed by atoms with Crippen molar-refractivity contribution < 1.29 is 19.4 Å². The van der Waals surface area contributed by atoms with E-state index in [9.17, 15) is 9.59 Å². The summed E-state index contributed by atoms with van der Waals surface area (Å²) in [5.41, 5.74) is 1.60. The van der Waals surface area contributed by atoms with E-state index in [0.717, 1.165) is 5.56 Å². The van der Waals surface area contributed by atoms with Crippen molar-refractivity contribution in [3.05, 3.63) is 35.4 Å². The average molecular weight is 251 g/mol. The Kier molecular flexibility index (Phi) is 5.32. The van der Waals surface area contributed by atoms with E-state index >= 15 is 0 Å². The van der Waals surface area contributed by atoms with Gasteiger partial charge in [-0.15, -0.1) is 0 Å². The number of carbonyl (C=O) groups is 2. The van der Waals surface area contributed by atoms with E-state index in [0.29, 0.717) is 5.56 Å². The molecule has 1 unspecified atom stereocenters. The zero-order valence-corrected chi connectivity index (χ0v) is 10.5. The summed E-state index contributed by atoms with van der Waals surface area (Å²) >= 11 is 0. The van der Waals surface area contributed by atoms with Gasteiger partial charge in [-0.25, -0.2) is 4.79 Å². The number of aliphatic carboxylic acids is 1. The summed E-state index contributed by atoms with van der Waals surface area (Å²) in [5.74, 6) is -1.20. The highest BCUT2D eigenvalue weighted by Gasteiger charge is 2.10. The fourth-order valence-corrected chi connectivity index (χ4v) is 1.36. The molecule has 98 valence electrons. The first kappa shape index (κ1) is 14.2. The van der Waals surface area contributed by atoms with Crippen molar-refractivity contribution in [3.8, 4) is 0 Å². The number of carboxylic acid groups (broad SMARTS) is 1. The number of benzene rings is 1. The van der Waals surface area contributed by atoms with Crippen LogP contribution < -0.4 is 5.32 Å². The zero-order chi connectivity index (χ0) is 13.5. The number of aryl methyl sites for hydroxylation is 1. The Bertz CT molecular complexity index is 431. The summed E-state index contributed by atoms with van der Waals surface area (Å²) in [6.07, 6.45) is -0.860. The lowest BCUT2D eigenvalue weighted by atomic mass is 10.1. The topological polar surface area (TPSA) is 75.6 Å². The van der Waals surface area contributed by atoms with Crippen molar-refractivity contribution >= 4 is 11.9 Å². The highest BCUT2D eigenvalue weighted by Crippen LogP contribution is 2.03. The molecule has 2 N–H and O–H groups in total. The van der Waals surface area contributed by atoms with Crippen LogP contribution >= 0.6 is 0 Å². The zero-order valence-electron chi connectivity index (χ0n) is 10.5. The van der Waals surface area contributed by atoms with Crippen LogP contribution in [0.2, 0.25) is 0 Å². The van der Waals surface area contributed by atoms with Gasteiger partial charge in [-0.05, 0) is 26.0 Å². The third kappa shape index (κ3) is 4.55. The molecule has 18 heavy (non-hydrogen) atoms. The molecule has 1 rings (SSSR count). The Labute approximate surface area is 106 Å². The van der Waals surface area contributed by atoms with Crippen molar-refractivity contribution in [2.45, 2.75) is 20.0 Å². The van der Waals surface area contributed by atoms with Crippen LogP contribution in [0.25, 0.3) is 0 Å². The number of hydrogen-bond acceptors (Lipinski definition) is 3. The Morgan fingerprint density at radius 3 is 2.78 bits per heavy atom. The van der Waals surface area contributed by atoms with E-state index < -0.39 is 12.1 Å². The van der Waals surface area contributed by atoms with Gasteiger partial charge >= 0.3 is 5.97 Å². The van der Waals surface area contributed by atoms with Crippen LogP contribution in [-0.4, -0.2) is 36.2 Å². The number of carboxylic acids is 1. The van der Waals surface area contributed by atoms with Gasteiger partial charge in [-0.2, -0.15) is 0 Å². The van der Waals surface area contributed by atoms with Crippen LogP contribution in [0.3, 0.4) is 0 Å². The van der Waals surface area contributed by atoms with Gasteiger partial charge in [0.15, 0.2) is 6.10 Å². The van der Waals surface area contributed by atoms with Gasteiger partial charge in [0.25, 0.3) is 5.91 Å². The van der Waals surface area contributed by atoms with Crippen LogP contribution in [0, 0.1) is 6.92 Å². The van der Waals surface area contributed by atoms with Crippen molar-refractivity contribution in [2.24, 2.45) is 0 Å². The molecular weight excluding hydrogens is 234 g/mol. The van der Waals surface area contributed by atoms with E-state index in [-0.39, 0.29) is 19.1 Å². The Morgan fingerprint density at radius 1 is 1.44 bits per heavy atom. The molecule has 0 saturated heterocycles. The van der Waals surface area contributed by atoms with Gasteiger partial charge in [0, 0.05) is 12.1 Å². The molecule has 0 aliphatic rings. The number of rotatable bonds is 6. The molecule has 0 spiro atoms. The average Bonchev–Trinajstić information content (AvgIpc) is 2.33. The predicted octanol–water partition coefficient (Wildman–Crippen LogP) is 1.21. The van der Waals surface area contributed by atoms with Crippen molar-refractivity contribution in [3.63, 3.8) is 0 Å². The minimum atomic E-state index is -1.01. The fourth-order valence-electron chi connectivity index (χ4n) is 1.36. The minimum Gasteiger partial charge on any atom is -0.479 e. The normalized spacial score (nSPS) is 11.9. The van der Waals surface area contributed by atoms with Gasteiger partial charge in [0.2, 0.25) is 0 Å². The maximum atomic E-state index is 11.7. The number of hydrogen-bond donors (Lipinski definition) is 2. The van der Waals surface area contributed by atoms with Gasteiger partial charge in [0.1, 0.15) is 0 Å². The van der Waals surface area contributed by atoms with E-state index in [2.05, 4.69) is 5.32 Å². The SMILES string of the molecule is Cc1cccc(C(=O)NCCOC(C)C(=O)O)c1. The second-order valence-corrected chi connectivity index (χ2v) is 3.98. The predicted molar refractivity (Wildman–Crippen MR) is 66.6 cm³/mol. The Morgan fingerprint density at radius 2 is 2.17 bits per heavy atom. The fraction of sp³-hybridized carbons (Fsp3) is 0.385. The largest absolute Gasteiger partial charge is 0.479 e. The number of amides is 1. The number of carbonyl (C=O) groups excluding carboxylic acids is 1. The Hall–Kier alpha value is -1.88. The molecule has 5 nitrogen and oxygen atoms in total. The molecule has 0 aliphatic heterocycles. The summed E-state index contributed by atoms with van der Waals surface area (Å²) in [6, 6.07) is 7.24. The molecule has 0 bridgehead atoms. The second-order valence-electron chi connectivity index (χ2n) is 3.98. The summed E-state index contributed by atoms with van der Waals surface area (Å²) in [7, 11) is 0. The van der Waals surface area contributed by atoms with E-state index in [1.807, 2.05) is 19.1 Å². The highest BCUT2D eigenvalue weighted by molar-refractivity contribution is 5.94. The first-order valence-electron chi connectivity index (χ1n) is 5.70. The Balaban J connectivity index is 2.32. The van der Waals surface area contributed by atoms with Gasteiger partial charge < -0.3 is 15.2 Å². The van der Waals surface area contributed by atoms with E-state index in [1.54, 1.807) is 12.1 Å². The van der Waals surface area contributed by atoms with Crippen molar-refractivity contribution in [1.29, 1.82) is 0 Å². The molecule has 0 aromatic heterocycles. The van der Waals surface area contributed by atoms with Gasteiger partial charge in [-0.3, -0.25) is 4.79 Å². The summed E-state index contributed by atoms with van der Waals surface area (Å²) in [4.78, 5) is 22.2. The quantitative estimate of drug-likeness (QED) is 0.745. The van der Waals surface area contributed by atoms with E-state index in [4.69, 9.17) is 9.84 Å². The number of ether oxygens (including phenoxy) is 1. The molecular formula is C13H17NO4. The molecule has 1 aromatic carbocycles. The standard InChI is InChI=1S/C13H17NO4/c1-9-4-3-5-11(8-9)12(15)14-6-7-18-10(2)13(16)17/h3-5,8,10H,6-7H2,1-2H3,(H,14,15)(H,16,17). The summed E-state index contributed by atoms with van der Waals surface area (Å²) < 4.78 is 5.00. The van der Waals surface area contributed by atoms with Crippen molar-refractivity contribution in [1.82, 2.24) is 5.32 Å². The summed E-state index contributed by atoms with van der Waals surface area (Å²) in [6.45, 7) is 3.81. The third-order valence-corrected chi connectivity index (χ3v) is 2.38. The van der Waals surface area contributed by atoms with Crippen molar-refractivity contribution in [2.75, 3.05) is 13.2 Å². The first-order chi connectivity index (χ1) is 8.50. The van der Waals surface area contributed by atoms with Crippen LogP contribution in [-0.2, 0) is 9.53 Å². The molecule has 0 radical (unpaired) electrons. The lowest BCUT2D eigenvalue weighted by molar-refractivity contribution is -0.148. The molecule has 0 fully saturated rings. The van der Waals surface area contributed by atoms with Crippen LogP contribution in [0.1, 0.15) is 22.8 Å². The second kappa shape index (κ2) is 6.76. The van der Waals surface area contributed by atoms with Gasteiger partial charge in [-0.1, -0.05) is 17.7 Å². The van der Waals surface area contributed by atoms with E-state index in [1.165, 1.54) is 6.92 Å². The molecule has 0 aliphatic carbocycles. The van der Waals surface area contributed by atoms with Crippen LogP contribution in [0.4, 0.5) is 0 Å².